The van der Waals surface area contributed by atoms with Crippen LogP contribution in [-0.4, -0.2) is 51.9 Å². The van der Waals surface area contributed by atoms with Crippen molar-refractivity contribution >= 4 is 57.9 Å². The van der Waals surface area contributed by atoms with Gasteiger partial charge in [0.2, 0.25) is 0 Å². The van der Waals surface area contributed by atoms with E-state index in [1.54, 1.807) is 0 Å². The third-order valence-corrected chi connectivity index (χ3v) is 4.87. The Labute approximate surface area is 239 Å². The van der Waals surface area contributed by atoms with Crippen LogP contribution in [0.3, 0.4) is 0 Å². The number of hydrogen-bond donors (Lipinski definition) is 3. The summed E-state index contributed by atoms with van der Waals surface area (Å²) < 4.78 is 13.4. The largest absolute Gasteiger partial charge is 0.480 e. The number of nitrogens with two attached hydrogens (primary N) is 1. The second kappa shape index (κ2) is 19.1. The monoisotopic (exact) mass is 598 g/mol. The lowest BCUT2D eigenvalue weighted by molar-refractivity contribution is -0.146. The highest BCUT2D eigenvalue weighted by Crippen LogP contribution is 2.09. The number of esters is 3. The highest BCUT2D eigenvalue weighted by molar-refractivity contribution is 6.93. The molecule has 0 saturated carbocycles. The average Bonchev–Trinajstić information content (AvgIpc) is 3.25. The number of carbonyl (C=O) groups is 6. The van der Waals surface area contributed by atoms with Crippen LogP contribution in [-0.2, 0) is 46.6 Å². The molecule has 2 aromatic carbocycles. The Morgan fingerprint density at radius 3 is 1.73 bits per heavy atom. The summed E-state index contributed by atoms with van der Waals surface area (Å²) in [5.41, 5.74) is 7.05. The molecule has 0 spiro atoms. The molecule has 1 heterocycles. The Morgan fingerprint density at radius 1 is 0.875 bits per heavy atom. The van der Waals surface area contributed by atoms with Crippen LogP contribution in [0.25, 0.3) is 0 Å². The number of aliphatic carboxylic acids is 1. The molecule has 1 amide bonds. The Kier molecular flexibility index (Phi) is 16.3. The fourth-order valence-electron chi connectivity index (χ4n) is 2.86. The lowest BCUT2D eigenvalue weighted by Crippen LogP contribution is -2.30. The van der Waals surface area contributed by atoms with Crippen LogP contribution in [0, 0.1) is 0 Å². The predicted molar refractivity (Wildman–Crippen MR) is 142 cm³/mol. The van der Waals surface area contributed by atoms with Crippen molar-refractivity contribution in [1.82, 2.24) is 5.32 Å². The van der Waals surface area contributed by atoms with Gasteiger partial charge in [-0.2, -0.15) is 0 Å². The summed E-state index contributed by atoms with van der Waals surface area (Å²) in [6, 6.07) is 16.8. The fourth-order valence-corrected chi connectivity index (χ4v) is 2.86. The van der Waals surface area contributed by atoms with E-state index in [4.69, 9.17) is 25.1 Å². The quantitative estimate of drug-likeness (QED) is 0.148. The number of rotatable bonds is 11. The van der Waals surface area contributed by atoms with E-state index in [1.165, 1.54) is 0 Å². The number of carbonyl (C=O) groups excluding carboxylic acids is 5. The van der Waals surface area contributed by atoms with Crippen LogP contribution >= 0.6 is 23.2 Å². The molecule has 1 aliphatic rings. The van der Waals surface area contributed by atoms with E-state index in [2.05, 4.69) is 33.3 Å². The standard InChI is InChI=1S/C13H13NO5.C12H15NO4.CCl2O/c15-11(18-8-9-4-2-1-3-5-9)7-6-10-12(16)19-13(17)14-10;13-10(12(15)16)6-7-11(14)17-8-9-4-2-1-3-5-9;2-1(3)4/h1-5,10H,6-8H2,(H,14,17);1-5,10H,6-8,13H2,(H,15,16);. The zero-order valence-corrected chi connectivity index (χ0v) is 22.6. The number of alkyl carbamates (subject to hydrolysis) is 1. The summed E-state index contributed by atoms with van der Waals surface area (Å²) in [5.74, 6) is -2.62. The van der Waals surface area contributed by atoms with Crippen molar-refractivity contribution in [2.24, 2.45) is 5.73 Å². The van der Waals surface area contributed by atoms with Crippen molar-refractivity contribution in [2.45, 2.75) is 51.0 Å². The molecule has 2 atom stereocenters. The van der Waals surface area contributed by atoms with E-state index in [1.807, 2.05) is 60.7 Å². The molecule has 14 heteroatoms. The van der Waals surface area contributed by atoms with Crippen molar-refractivity contribution in [3.8, 4) is 0 Å². The number of carboxylic acid groups (broad SMARTS) is 1. The molecule has 216 valence electrons. The first-order valence-electron chi connectivity index (χ1n) is 11.7. The molecule has 3 rings (SSSR count). The third-order valence-electron chi connectivity index (χ3n) is 4.87. The van der Waals surface area contributed by atoms with Gasteiger partial charge in [-0.25, -0.2) is 9.59 Å². The number of ether oxygens (including phenoxy) is 3. The predicted octanol–water partition coefficient (Wildman–Crippen LogP) is 3.65. The molecule has 0 aromatic heterocycles. The van der Waals surface area contributed by atoms with Crippen molar-refractivity contribution in [2.75, 3.05) is 0 Å². The Morgan fingerprint density at radius 2 is 1.32 bits per heavy atom. The van der Waals surface area contributed by atoms with Gasteiger partial charge < -0.3 is 30.4 Å². The SMILES string of the molecule is NC(CCC(=O)OCc1ccccc1)C(=O)O.O=C(CCC1NC(=O)OC1=O)OCc1ccccc1.O=C(Cl)Cl. The van der Waals surface area contributed by atoms with E-state index in [9.17, 15) is 24.0 Å². The summed E-state index contributed by atoms with van der Waals surface area (Å²) in [5, 5.41) is 10.8. The second-order valence-electron chi connectivity index (χ2n) is 7.95. The molecular formula is C26H28Cl2N2O10. The molecule has 0 radical (unpaired) electrons. The van der Waals surface area contributed by atoms with Crippen LogP contribution in [0.2, 0.25) is 0 Å². The number of hydrogen-bond acceptors (Lipinski definition) is 10. The summed E-state index contributed by atoms with van der Waals surface area (Å²) in [6.07, 6.45) is -0.443. The Hall–Kier alpha value is -4.00. The Balaban J connectivity index is 0.000000355. The summed E-state index contributed by atoms with van der Waals surface area (Å²) in [6.45, 7) is 0.392. The zero-order valence-electron chi connectivity index (χ0n) is 21.1. The van der Waals surface area contributed by atoms with Gasteiger partial charge in [0.1, 0.15) is 25.3 Å². The first-order chi connectivity index (χ1) is 19.0. The van der Waals surface area contributed by atoms with Gasteiger partial charge in [0, 0.05) is 12.8 Å². The lowest BCUT2D eigenvalue weighted by atomic mass is 10.1. The molecule has 2 unspecified atom stereocenters. The van der Waals surface area contributed by atoms with Crippen molar-refractivity contribution in [1.29, 1.82) is 0 Å². The van der Waals surface area contributed by atoms with Crippen LogP contribution < -0.4 is 11.1 Å². The smallest absolute Gasteiger partial charge is 0.415 e. The van der Waals surface area contributed by atoms with Gasteiger partial charge in [0.25, 0.3) is 0 Å². The molecule has 1 fully saturated rings. The van der Waals surface area contributed by atoms with Crippen LogP contribution in [0.5, 0.6) is 0 Å². The number of halogens is 2. The minimum atomic E-state index is -1.11. The topological polar surface area (TPSA) is 188 Å². The molecular weight excluding hydrogens is 571 g/mol. The first kappa shape index (κ1) is 34.0. The molecule has 0 bridgehead atoms. The van der Waals surface area contributed by atoms with Gasteiger partial charge in [-0.05, 0) is 47.2 Å². The van der Waals surface area contributed by atoms with E-state index in [0.29, 0.717) is 0 Å². The van der Waals surface area contributed by atoms with E-state index in [-0.39, 0.29) is 38.9 Å². The summed E-state index contributed by atoms with van der Waals surface area (Å²) >= 11 is 8.80. The Bertz CT molecular complexity index is 1130. The third kappa shape index (κ3) is 16.1. The van der Waals surface area contributed by atoms with Crippen LogP contribution in [0.15, 0.2) is 60.7 Å². The molecule has 0 aliphatic carbocycles. The van der Waals surface area contributed by atoms with E-state index in [0.717, 1.165) is 11.1 Å². The second-order valence-corrected chi connectivity index (χ2v) is 8.83. The number of carboxylic acids is 1. The number of nitrogens with one attached hydrogen (secondary N) is 1. The van der Waals surface area contributed by atoms with E-state index >= 15 is 0 Å². The van der Waals surface area contributed by atoms with Crippen molar-refractivity contribution < 1.29 is 48.1 Å². The van der Waals surface area contributed by atoms with E-state index < -0.39 is 46.8 Å². The number of amides is 1. The maximum atomic E-state index is 11.5. The molecule has 12 nitrogen and oxygen atoms in total. The first-order valence-corrected chi connectivity index (χ1v) is 12.5. The maximum Gasteiger partial charge on any atom is 0.415 e. The maximum absolute atomic E-state index is 11.5. The van der Waals surface area contributed by atoms with Gasteiger partial charge in [-0.15, -0.1) is 0 Å². The average molecular weight is 599 g/mol. The molecule has 2 aromatic rings. The molecule has 40 heavy (non-hydrogen) atoms. The van der Waals surface area contributed by atoms with Crippen LogP contribution in [0.4, 0.5) is 9.59 Å². The highest BCUT2D eigenvalue weighted by atomic mass is 35.5. The minimum absolute atomic E-state index is 0.0142. The van der Waals surface area contributed by atoms with Crippen molar-refractivity contribution in [3.63, 3.8) is 0 Å². The minimum Gasteiger partial charge on any atom is -0.480 e. The van der Waals surface area contributed by atoms with Gasteiger partial charge in [-0.3, -0.25) is 19.2 Å². The lowest BCUT2D eigenvalue weighted by Gasteiger charge is -2.07. The summed E-state index contributed by atoms with van der Waals surface area (Å²) in [4.78, 5) is 64.0. The molecule has 1 aliphatic heterocycles. The summed E-state index contributed by atoms with van der Waals surface area (Å²) in [7, 11) is 0. The highest BCUT2D eigenvalue weighted by Gasteiger charge is 2.32. The fraction of sp³-hybridized carbons (Fsp3) is 0.308. The van der Waals surface area contributed by atoms with Gasteiger partial charge in [0.05, 0.1) is 0 Å². The molecule has 4 N–H and O–H groups in total. The molecule has 1 saturated heterocycles. The van der Waals surface area contributed by atoms with Crippen LogP contribution in [0.1, 0.15) is 36.8 Å². The van der Waals surface area contributed by atoms with Gasteiger partial charge in [0.15, 0.2) is 0 Å². The number of benzene rings is 2. The van der Waals surface area contributed by atoms with Gasteiger partial charge >= 0.3 is 34.7 Å². The van der Waals surface area contributed by atoms with Gasteiger partial charge in [-0.1, -0.05) is 60.7 Å². The normalized spacial score (nSPS) is 14.1. The van der Waals surface area contributed by atoms with Crippen molar-refractivity contribution in [3.05, 3.63) is 71.8 Å². The number of cyclic esters (lactones) is 2. The zero-order chi connectivity index (χ0) is 29.9.